The second-order valence-electron chi connectivity index (χ2n) is 5.97. The van der Waals surface area contributed by atoms with Crippen molar-refractivity contribution >= 4 is 5.69 Å². The number of para-hydroxylation sites is 1. The molecule has 0 aromatic heterocycles. The van der Waals surface area contributed by atoms with E-state index in [4.69, 9.17) is 4.74 Å². The van der Waals surface area contributed by atoms with E-state index in [2.05, 4.69) is 29.2 Å². The monoisotopic (exact) mass is 261 g/mol. The molecule has 2 heterocycles. The summed E-state index contributed by atoms with van der Waals surface area (Å²) in [4.78, 5) is 2.47. The number of hydrogen-bond donors (Lipinski definition) is 1. The molecule has 0 saturated carbocycles. The third kappa shape index (κ3) is 2.63. The third-order valence-electron chi connectivity index (χ3n) is 4.50. The lowest BCUT2D eigenvalue weighted by atomic mass is 9.87. The molecule has 0 bridgehead atoms. The van der Waals surface area contributed by atoms with Crippen LogP contribution in [0, 0.1) is 5.41 Å². The topological polar surface area (TPSA) is 32.7 Å². The van der Waals surface area contributed by atoms with E-state index in [1.54, 1.807) is 0 Å². The third-order valence-corrected chi connectivity index (χ3v) is 4.50. The molecule has 19 heavy (non-hydrogen) atoms. The Kier molecular flexibility index (Phi) is 3.76. The first-order valence-electron chi connectivity index (χ1n) is 7.34. The zero-order valence-corrected chi connectivity index (χ0v) is 11.5. The van der Waals surface area contributed by atoms with Gasteiger partial charge >= 0.3 is 0 Å². The van der Waals surface area contributed by atoms with Crippen molar-refractivity contribution in [2.24, 2.45) is 5.41 Å². The second kappa shape index (κ2) is 5.51. The Hall–Kier alpha value is -1.06. The van der Waals surface area contributed by atoms with Crippen LogP contribution in [0.1, 0.15) is 24.8 Å². The smallest absolute Gasteiger partial charge is 0.0562 e. The van der Waals surface area contributed by atoms with Crippen molar-refractivity contribution in [3.63, 3.8) is 0 Å². The molecule has 3 nitrogen and oxygen atoms in total. The summed E-state index contributed by atoms with van der Waals surface area (Å²) in [6.07, 6.45) is 4.64. The summed E-state index contributed by atoms with van der Waals surface area (Å²) in [6, 6.07) is 8.71. The molecule has 1 aromatic carbocycles. The van der Waals surface area contributed by atoms with Crippen LogP contribution in [-0.4, -0.2) is 38.0 Å². The predicted octanol–water partition coefficient (Wildman–Crippen LogP) is 2.23. The van der Waals surface area contributed by atoms with Crippen LogP contribution in [0.4, 0.5) is 5.69 Å². The van der Waals surface area contributed by atoms with Crippen LogP contribution in [0.15, 0.2) is 24.3 Å². The van der Waals surface area contributed by atoms with Crippen molar-refractivity contribution in [3.8, 4) is 0 Å². The van der Waals surface area contributed by atoms with Gasteiger partial charge in [0.05, 0.1) is 13.2 Å². The maximum Gasteiger partial charge on any atom is 0.0562 e. The lowest BCUT2D eigenvalue weighted by molar-refractivity contribution is 0.0977. The highest BCUT2D eigenvalue weighted by Gasteiger charge is 2.36. The van der Waals surface area contributed by atoms with Crippen LogP contribution in [-0.2, 0) is 11.2 Å². The normalized spacial score (nSPS) is 27.1. The van der Waals surface area contributed by atoms with Crippen molar-refractivity contribution in [2.75, 3.05) is 37.8 Å². The lowest BCUT2D eigenvalue weighted by Gasteiger charge is -2.34. The Morgan fingerprint density at radius 2 is 2.16 bits per heavy atom. The van der Waals surface area contributed by atoms with Gasteiger partial charge in [0.2, 0.25) is 0 Å². The molecule has 0 radical (unpaired) electrons. The minimum absolute atomic E-state index is 0.0581. The summed E-state index contributed by atoms with van der Waals surface area (Å²) in [7, 11) is 0. The zero-order valence-electron chi connectivity index (χ0n) is 11.5. The first-order chi connectivity index (χ1) is 9.33. The number of aryl methyl sites for hydroxylation is 1. The van der Waals surface area contributed by atoms with Crippen molar-refractivity contribution in [1.29, 1.82) is 0 Å². The number of aliphatic hydroxyl groups is 1. The van der Waals surface area contributed by atoms with E-state index >= 15 is 0 Å². The Morgan fingerprint density at radius 3 is 2.95 bits per heavy atom. The quantitative estimate of drug-likeness (QED) is 0.905. The van der Waals surface area contributed by atoms with Crippen molar-refractivity contribution in [2.45, 2.75) is 25.7 Å². The molecule has 104 valence electrons. The van der Waals surface area contributed by atoms with E-state index < -0.39 is 0 Å². The molecule has 1 atom stereocenters. The molecule has 1 N–H and O–H groups in total. The molecule has 0 amide bonds. The van der Waals surface area contributed by atoms with Gasteiger partial charge in [-0.05, 0) is 37.3 Å². The van der Waals surface area contributed by atoms with Gasteiger partial charge in [0, 0.05) is 30.8 Å². The van der Waals surface area contributed by atoms with Gasteiger partial charge in [0.25, 0.3) is 0 Å². The van der Waals surface area contributed by atoms with Gasteiger partial charge < -0.3 is 14.7 Å². The molecular formula is C16H23NO2. The molecule has 0 aliphatic carbocycles. The Balaban J connectivity index is 1.84. The largest absolute Gasteiger partial charge is 0.396 e. The predicted molar refractivity (Wildman–Crippen MR) is 76.5 cm³/mol. The summed E-state index contributed by atoms with van der Waals surface area (Å²) < 4.78 is 5.53. The molecular weight excluding hydrogens is 238 g/mol. The van der Waals surface area contributed by atoms with Crippen LogP contribution in [0.25, 0.3) is 0 Å². The number of fused-ring (bicyclic) bond motifs is 1. The Labute approximate surface area is 115 Å². The van der Waals surface area contributed by atoms with Gasteiger partial charge in [0.15, 0.2) is 0 Å². The van der Waals surface area contributed by atoms with Crippen molar-refractivity contribution < 1.29 is 9.84 Å². The Bertz CT molecular complexity index is 427. The average molecular weight is 261 g/mol. The molecule has 1 saturated heterocycles. The van der Waals surface area contributed by atoms with Crippen LogP contribution in [0.2, 0.25) is 0 Å². The van der Waals surface area contributed by atoms with Crippen LogP contribution in [0.5, 0.6) is 0 Å². The molecule has 0 spiro atoms. The number of anilines is 1. The van der Waals surface area contributed by atoms with Gasteiger partial charge in [-0.25, -0.2) is 0 Å². The van der Waals surface area contributed by atoms with Gasteiger partial charge in [-0.2, -0.15) is 0 Å². The van der Waals surface area contributed by atoms with E-state index in [0.717, 1.165) is 26.1 Å². The molecule has 3 heteroatoms. The van der Waals surface area contributed by atoms with E-state index in [1.807, 2.05) is 0 Å². The first-order valence-corrected chi connectivity index (χ1v) is 7.34. The van der Waals surface area contributed by atoms with Crippen molar-refractivity contribution in [1.82, 2.24) is 0 Å². The number of hydrogen-bond acceptors (Lipinski definition) is 3. The molecule has 1 unspecified atom stereocenters. The molecule has 1 fully saturated rings. The molecule has 2 aliphatic heterocycles. The SMILES string of the molecule is OCC1(CN2CCCCc3ccccc32)CCOC1. The average Bonchev–Trinajstić information content (AvgIpc) is 2.83. The number of nitrogens with zero attached hydrogens (tertiary/aromatic N) is 1. The van der Waals surface area contributed by atoms with E-state index in [-0.39, 0.29) is 12.0 Å². The molecule has 2 aliphatic rings. The highest BCUT2D eigenvalue weighted by molar-refractivity contribution is 5.54. The number of ether oxygens (including phenoxy) is 1. The summed E-state index contributed by atoms with van der Waals surface area (Å²) in [5.41, 5.74) is 2.75. The van der Waals surface area contributed by atoms with Gasteiger partial charge in [-0.1, -0.05) is 18.2 Å². The fourth-order valence-corrected chi connectivity index (χ4v) is 3.29. The summed E-state index contributed by atoms with van der Waals surface area (Å²) in [5, 5.41) is 9.76. The van der Waals surface area contributed by atoms with E-state index in [0.29, 0.717) is 6.61 Å². The maximum atomic E-state index is 9.76. The lowest BCUT2D eigenvalue weighted by Crippen LogP contribution is -2.41. The van der Waals surface area contributed by atoms with Gasteiger partial charge in [0.1, 0.15) is 0 Å². The summed E-state index contributed by atoms with van der Waals surface area (Å²) in [5.74, 6) is 0. The minimum atomic E-state index is -0.0581. The number of aliphatic hydroxyl groups excluding tert-OH is 1. The fraction of sp³-hybridized carbons (Fsp3) is 0.625. The maximum absolute atomic E-state index is 9.76. The number of benzene rings is 1. The van der Waals surface area contributed by atoms with E-state index in [9.17, 15) is 5.11 Å². The first kappa shape index (κ1) is 12.9. The summed E-state index contributed by atoms with van der Waals surface area (Å²) >= 11 is 0. The van der Waals surface area contributed by atoms with Crippen LogP contribution < -0.4 is 4.90 Å². The highest BCUT2D eigenvalue weighted by Crippen LogP contribution is 2.33. The second-order valence-corrected chi connectivity index (χ2v) is 5.97. The van der Waals surface area contributed by atoms with Crippen LogP contribution >= 0.6 is 0 Å². The minimum Gasteiger partial charge on any atom is -0.396 e. The highest BCUT2D eigenvalue weighted by atomic mass is 16.5. The van der Waals surface area contributed by atoms with Crippen LogP contribution in [0.3, 0.4) is 0 Å². The van der Waals surface area contributed by atoms with E-state index in [1.165, 1.54) is 30.5 Å². The van der Waals surface area contributed by atoms with Crippen molar-refractivity contribution in [3.05, 3.63) is 29.8 Å². The molecule has 3 rings (SSSR count). The summed E-state index contributed by atoms with van der Waals surface area (Å²) in [6.45, 7) is 3.73. The zero-order chi connectivity index (χ0) is 13.1. The van der Waals surface area contributed by atoms with Gasteiger partial charge in [-0.3, -0.25) is 0 Å². The van der Waals surface area contributed by atoms with Gasteiger partial charge in [-0.15, -0.1) is 0 Å². The molecule has 1 aromatic rings. The standard InChI is InChI=1S/C16H23NO2/c18-12-16(8-10-19-13-16)11-17-9-4-3-6-14-5-1-2-7-15(14)17/h1-2,5,7,18H,3-4,6,8-13H2. The fourth-order valence-electron chi connectivity index (χ4n) is 3.29. The Morgan fingerprint density at radius 1 is 1.26 bits per heavy atom. The number of rotatable bonds is 3.